The third-order valence-electron chi connectivity index (χ3n) is 5.91. The molecule has 0 N–H and O–H groups in total. The highest BCUT2D eigenvalue weighted by atomic mass is 15.3. The van der Waals surface area contributed by atoms with Gasteiger partial charge in [0, 0.05) is 30.9 Å². The van der Waals surface area contributed by atoms with Crippen LogP contribution in [-0.4, -0.2) is 36.6 Å². The summed E-state index contributed by atoms with van der Waals surface area (Å²) in [6, 6.07) is 8.77. The number of fused-ring (bicyclic) bond motifs is 2. The average molecular weight is 284 g/mol. The second kappa shape index (κ2) is 5.31. The second-order valence-electron chi connectivity index (χ2n) is 7.56. The Hall–Kier alpha value is -1.02. The van der Waals surface area contributed by atoms with Crippen LogP contribution in [0.1, 0.15) is 44.2 Å². The predicted octanol–water partition coefficient (Wildman–Crippen LogP) is 3.48. The third kappa shape index (κ3) is 2.38. The number of anilines is 1. The van der Waals surface area contributed by atoms with E-state index in [2.05, 4.69) is 41.8 Å². The zero-order valence-electron chi connectivity index (χ0n) is 13.5. The maximum absolute atomic E-state index is 2.74. The summed E-state index contributed by atoms with van der Waals surface area (Å²) in [5, 5.41) is 0. The van der Waals surface area contributed by atoms with Crippen LogP contribution in [0.5, 0.6) is 0 Å². The quantitative estimate of drug-likeness (QED) is 0.820. The number of rotatable bonds is 2. The Morgan fingerprint density at radius 1 is 1.05 bits per heavy atom. The average Bonchev–Trinajstić information content (AvgIpc) is 3.13. The van der Waals surface area contributed by atoms with E-state index < -0.39 is 0 Å². The summed E-state index contributed by atoms with van der Waals surface area (Å²) in [5.41, 5.74) is 4.70. The first-order valence-corrected chi connectivity index (χ1v) is 8.85. The molecule has 1 aromatic rings. The number of piperazine rings is 1. The maximum Gasteiger partial charge on any atom is 0.0440 e. The summed E-state index contributed by atoms with van der Waals surface area (Å²) in [7, 11) is 0. The standard InChI is InChI=1S/C19H28N2/c1-14(2)19-13-20-10-4-7-18(20)12-21(19)17-9-8-15-5-3-6-16(15)11-17/h8-9,11,14,18-19H,3-7,10,12-13H2,1-2H3. The van der Waals surface area contributed by atoms with Crippen molar-refractivity contribution in [3.05, 3.63) is 29.3 Å². The van der Waals surface area contributed by atoms with Crippen LogP contribution in [0.15, 0.2) is 18.2 Å². The van der Waals surface area contributed by atoms with Crippen LogP contribution in [0, 0.1) is 5.92 Å². The lowest BCUT2D eigenvalue weighted by Crippen LogP contribution is -2.58. The molecule has 3 aliphatic rings. The highest BCUT2D eigenvalue weighted by Gasteiger charge is 2.37. The van der Waals surface area contributed by atoms with Crippen molar-refractivity contribution < 1.29 is 0 Å². The SMILES string of the molecule is CC(C)C1CN2CCCC2CN1c1ccc2c(c1)CCC2. The lowest BCUT2D eigenvalue weighted by molar-refractivity contribution is 0.176. The summed E-state index contributed by atoms with van der Waals surface area (Å²) in [6.07, 6.45) is 6.72. The van der Waals surface area contributed by atoms with E-state index in [-0.39, 0.29) is 0 Å². The number of hydrogen-bond donors (Lipinski definition) is 0. The highest BCUT2D eigenvalue weighted by molar-refractivity contribution is 5.54. The zero-order valence-corrected chi connectivity index (χ0v) is 13.5. The van der Waals surface area contributed by atoms with Gasteiger partial charge in [0.25, 0.3) is 0 Å². The van der Waals surface area contributed by atoms with Crippen LogP contribution in [0.2, 0.25) is 0 Å². The van der Waals surface area contributed by atoms with Crippen LogP contribution in [0.4, 0.5) is 5.69 Å². The number of aryl methyl sites for hydroxylation is 2. The molecule has 1 aliphatic carbocycles. The van der Waals surface area contributed by atoms with Gasteiger partial charge in [-0.25, -0.2) is 0 Å². The van der Waals surface area contributed by atoms with Crippen molar-refractivity contribution >= 4 is 5.69 Å². The molecule has 4 rings (SSSR count). The molecule has 0 bridgehead atoms. The molecule has 2 fully saturated rings. The summed E-state index contributed by atoms with van der Waals surface area (Å²) in [5.74, 6) is 0.722. The molecule has 0 radical (unpaired) electrons. The van der Waals surface area contributed by atoms with E-state index in [1.807, 2.05) is 0 Å². The molecule has 21 heavy (non-hydrogen) atoms. The summed E-state index contributed by atoms with van der Waals surface area (Å²) < 4.78 is 0. The van der Waals surface area contributed by atoms with E-state index >= 15 is 0 Å². The number of hydrogen-bond acceptors (Lipinski definition) is 2. The molecule has 2 saturated heterocycles. The summed E-state index contributed by atoms with van der Waals surface area (Å²) >= 11 is 0. The molecular weight excluding hydrogens is 256 g/mol. The molecule has 0 saturated carbocycles. The van der Waals surface area contributed by atoms with Gasteiger partial charge in [0.2, 0.25) is 0 Å². The van der Waals surface area contributed by atoms with Crippen LogP contribution >= 0.6 is 0 Å². The van der Waals surface area contributed by atoms with Gasteiger partial charge in [-0.15, -0.1) is 0 Å². The Balaban J connectivity index is 1.64. The fourth-order valence-corrected chi connectivity index (χ4v) is 4.65. The smallest absolute Gasteiger partial charge is 0.0440 e. The Labute approximate surface area is 129 Å². The Morgan fingerprint density at radius 2 is 1.90 bits per heavy atom. The van der Waals surface area contributed by atoms with E-state index in [4.69, 9.17) is 0 Å². The molecule has 2 aliphatic heterocycles. The maximum atomic E-state index is 2.74. The van der Waals surface area contributed by atoms with Crippen LogP contribution < -0.4 is 4.90 Å². The fourth-order valence-electron chi connectivity index (χ4n) is 4.65. The molecule has 0 spiro atoms. The van der Waals surface area contributed by atoms with Gasteiger partial charge in [0.15, 0.2) is 0 Å². The zero-order chi connectivity index (χ0) is 14.4. The van der Waals surface area contributed by atoms with Gasteiger partial charge >= 0.3 is 0 Å². The molecule has 0 amide bonds. The Bertz CT molecular complexity index is 522. The summed E-state index contributed by atoms with van der Waals surface area (Å²) in [6.45, 7) is 8.61. The van der Waals surface area contributed by atoms with Crippen molar-refractivity contribution in [3.63, 3.8) is 0 Å². The third-order valence-corrected chi connectivity index (χ3v) is 5.91. The minimum atomic E-state index is 0.679. The van der Waals surface area contributed by atoms with Gasteiger partial charge < -0.3 is 4.90 Å². The molecule has 114 valence electrons. The van der Waals surface area contributed by atoms with Crippen LogP contribution in [0.25, 0.3) is 0 Å². The molecule has 2 heteroatoms. The van der Waals surface area contributed by atoms with Crippen molar-refractivity contribution in [2.24, 2.45) is 5.92 Å². The van der Waals surface area contributed by atoms with E-state index in [1.54, 1.807) is 11.1 Å². The van der Waals surface area contributed by atoms with E-state index in [1.165, 1.54) is 57.4 Å². The van der Waals surface area contributed by atoms with Gasteiger partial charge in [-0.1, -0.05) is 19.9 Å². The minimum Gasteiger partial charge on any atom is -0.365 e. The van der Waals surface area contributed by atoms with Crippen LogP contribution in [0.3, 0.4) is 0 Å². The molecule has 1 aromatic carbocycles. The fraction of sp³-hybridized carbons (Fsp3) is 0.684. The first-order chi connectivity index (χ1) is 10.2. The van der Waals surface area contributed by atoms with E-state index in [0.717, 1.165) is 12.0 Å². The molecule has 2 heterocycles. The van der Waals surface area contributed by atoms with Gasteiger partial charge in [0.05, 0.1) is 0 Å². The number of nitrogens with zero attached hydrogens (tertiary/aromatic N) is 2. The van der Waals surface area contributed by atoms with Crippen molar-refractivity contribution in [2.45, 2.75) is 58.0 Å². The highest BCUT2D eigenvalue weighted by Crippen LogP contribution is 2.34. The van der Waals surface area contributed by atoms with Crippen molar-refractivity contribution in [1.82, 2.24) is 4.90 Å². The normalized spacial score (nSPS) is 29.0. The monoisotopic (exact) mass is 284 g/mol. The predicted molar refractivity (Wildman–Crippen MR) is 89.0 cm³/mol. The van der Waals surface area contributed by atoms with E-state index in [9.17, 15) is 0 Å². The van der Waals surface area contributed by atoms with Gasteiger partial charge in [0.1, 0.15) is 0 Å². The Kier molecular flexibility index (Phi) is 3.45. The van der Waals surface area contributed by atoms with E-state index in [0.29, 0.717) is 6.04 Å². The lowest BCUT2D eigenvalue weighted by Gasteiger charge is -2.47. The Morgan fingerprint density at radius 3 is 2.76 bits per heavy atom. The second-order valence-corrected chi connectivity index (χ2v) is 7.56. The minimum absolute atomic E-state index is 0.679. The molecule has 2 nitrogen and oxygen atoms in total. The first-order valence-electron chi connectivity index (χ1n) is 8.85. The largest absolute Gasteiger partial charge is 0.365 e. The molecule has 0 aromatic heterocycles. The van der Waals surface area contributed by atoms with Crippen molar-refractivity contribution in [1.29, 1.82) is 0 Å². The van der Waals surface area contributed by atoms with Gasteiger partial charge in [-0.2, -0.15) is 0 Å². The van der Waals surface area contributed by atoms with Gasteiger partial charge in [-0.05, 0) is 67.8 Å². The van der Waals surface area contributed by atoms with Crippen molar-refractivity contribution in [3.8, 4) is 0 Å². The van der Waals surface area contributed by atoms with Crippen LogP contribution in [-0.2, 0) is 12.8 Å². The summed E-state index contributed by atoms with van der Waals surface area (Å²) in [4.78, 5) is 5.48. The molecule has 2 unspecified atom stereocenters. The first kappa shape index (κ1) is 13.6. The molecular formula is C19H28N2. The lowest BCUT2D eigenvalue weighted by atomic mass is 9.96. The van der Waals surface area contributed by atoms with Gasteiger partial charge in [-0.3, -0.25) is 4.90 Å². The number of benzene rings is 1. The van der Waals surface area contributed by atoms with Crippen molar-refractivity contribution in [2.75, 3.05) is 24.5 Å². The topological polar surface area (TPSA) is 6.48 Å². The molecule has 2 atom stereocenters.